The molecule has 2 aromatic rings. The molecule has 1 saturated heterocycles. The van der Waals surface area contributed by atoms with Crippen molar-refractivity contribution in [3.8, 4) is 0 Å². The van der Waals surface area contributed by atoms with Crippen LogP contribution in [-0.4, -0.2) is 57.7 Å². The number of Topliss-reactive ketones (excluding diaryl/α,β-unsaturated/α-hetero) is 1. The van der Waals surface area contributed by atoms with Gasteiger partial charge in [0.1, 0.15) is 4.88 Å². The number of nitrogens with zero attached hydrogens (tertiary/aromatic N) is 1. The molecule has 0 radical (unpaired) electrons. The van der Waals surface area contributed by atoms with Crippen molar-refractivity contribution in [2.24, 2.45) is 5.92 Å². The van der Waals surface area contributed by atoms with Gasteiger partial charge in [-0.15, -0.1) is 22.7 Å². The number of likely N-dealkylation sites (tertiary alicyclic amines) is 1. The zero-order valence-electron chi connectivity index (χ0n) is 15.6. The number of thiophene rings is 2. The normalized spacial score (nSPS) is 15.3. The number of hydrogen-bond acceptors (Lipinski definition) is 8. The predicted octanol–water partition coefficient (Wildman–Crippen LogP) is 2.00. The second-order valence-electron chi connectivity index (χ2n) is 6.53. The molecule has 1 amide bonds. The Labute approximate surface area is 176 Å². The third kappa shape index (κ3) is 5.10. The zero-order valence-corrected chi connectivity index (χ0v) is 18.1. The third-order valence-corrected chi connectivity index (χ3v) is 8.01. The Morgan fingerprint density at radius 2 is 1.93 bits per heavy atom. The number of methoxy groups -OCH3 is 1. The summed E-state index contributed by atoms with van der Waals surface area (Å²) in [5.74, 6) is -1.53. The van der Waals surface area contributed by atoms with Crippen LogP contribution in [0.5, 0.6) is 0 Å². The standard InChI is InChI=1S/C18H20N2O6S3/c1-26-18(23)15-9-13(11-28-15)29(24,25)19-10-12-4-6-20(7-5-12)17(22)16(21)14-3-2-8-27-14/h2-3,8-9,11-12,19H,4-7,10H2,1H3. The van der Waals surface area contributed by atoms with E-state index in [1.54, 1.807) is 17.5 Å². The maximum Gasteiger partial charge on any atom is 0.348 e. The fraction of sp³-hybridized carbons (Fsp3) is 0.389. The number of carbonyl (C=O) groups excluding carboxylic acids is 3. The van der Waals surface area contributed by atoms with E-state index in [0.717, 1.165) is 11.3 Å². The molecule has 0 spiro atoms. The highest BCUT2D eigenvalue weighted by Gasteiger charge is 2.29. The molecule has 3 rings (SSSR count). The number of hydrogen-bond donors (Lipinski definition) is 1. The van der Waals surface area contributed by atoms with Crippen LogP contribution in [0.25, 0.3) is 0 Å². The topological polar surface area (TPSA) is 110 Å². The number of carbonyl (C=O) groups is 3. The molecule has 156 valence electrons. The molecule has 1 aliphatic heterocycles. The van der Waals surface area contributed by atoms with Crippen LogP contribution in [0.4, 0.5) is 0 Å². The van der Waals surface area contributed by atoms with Crippen LogP contribution in [0.2, 0.25) is 0 Å². The zero-order chi connectivity index (χ0) is 21.0. The lowest BCUT2D eigenvalue weighted by Gasteiger charge is -2.31. The highest BCUT2D eigenvalue weighted by Crippen LogP contribution is 2.22. The van der Waals surface area contributed by atoms with Gasteiger partial charge in [0.05, 0.1) is 16.9 Å². The molecule has 0 bridgehead atoms. The average Bonchev–Trinajstić information content (AvgIpc) is 3.43. The van der Waals surface area contributed by atoms with Crippen molar-refractivity contribution in [2.75, 3.05) is 26.7 Å². The summed E-state index contributed by atoms with van der Waals surface area (Å²) < 4.78 is 32.0. The Morgan fingerprint density at radius 1 is 1.21 bits per heavy atom. The van der Waals surface area contributed by atoms with Crippen LogP contribution in [0.15, 0.2) is 33.9 Å². The van der Waals surface area contributed by atoms with E-state index < -0.39 is 27.7 Å². The first-order valence-corrected chi connectivity index (χ1v) is 12.1. The first-order valence-electron chi connectivity index (χ1n) is 8.85. The van der Waals surface area contributed by atoms with Gasteiger partial charge in [-0.25, -0.2) is 17.9 Å². The number of rotatable bonds is 7. The molecule has 2 aromatic heterocycles. The van der Waals surface area contributed by atoms with E-state index in [0.29, 0.717) is 30.8 Å². The number of sulfonamides is 1. The first-order chi connectivity index (χ1) is 13.8. The van der Waals surface area contributed by atoms with Crippen molar-refractivity contribution in [3.63, 3.8) is 0 Å². The van der Waals surface area contributed by atoms with E-state index in [1.165, 1.54) is 34.8 Å². The molecule has 29 heavy (non-hydrogen) atoms. The van der Waals surface area contributed by atoms with E-state index in [1.807, 2.05) is 0 Å². The van der Waals surface area contributed by atoms with Gasteiger partial charge in [0.2, 0.25) is 10.0 Å². The second kappa shape index (κ2) is 9.16. The van der Waals surface area contributed by atoms with E-state index in [2.05, 4.69) is 9.46 Å². The minimum atomic E-state index is -3.73. The van der Waals surface area contributed by atoms with Crippen LogP contribution < -0.4 is 4.72 Å². The molecule has 1 fully saturated rings. The number of amides is 1. The smallest absolute Gasteiger partial charge is 0.348 e. The van der Waals surface area contributed by atoms with Crippen molar-refractivity contribution in [3.05, 3.63) is 38.7 Å². The fourth-order valence-corrected chi connectivity index (χ4v) is 5.94. The molecule has 1 N–H and O–H groups in total. The lowest BCUT2D eigenvalue weighted by atomic mass is 9.97. The SMILES string of the molecule is COC(=O)c1cc(S(=O)(=O)NCC2CCN(C(=O)C(=O)c3cccs3)CC2)cs1. The molecule has 1 aliphatic rings. The van der Waals surface area contributed by atoms with Crippen molar-refractivity contribution in [1.29, 1.82) is 0 Å². The summed E-state index contributed by atoms with van der Waals surface area (Å²) in [6, 6.07) is 4.64. The van der Waals surface area contributed by atoms with E-state index in [9.17, 15) is 22.8 Å². The summed E-state index contributed by atoms with van der Waals surface area (Å²) in [7, 11) is -2.50. The Balaban J connectivity index is 1.50. The summed E-state index contributed by atoms with van der Waals surface area (Å²) in [4.78, 5) is 38.2. The van der Waals surface area contributed by atoms with Gasteiger partial charge < -0.3 is 9.64 Å². The van der Waals surface area contributed by atoms with Crippen molar-refractivity contribution < 1.29 is 27.5 Å². The molecule has 3 heterocycles. The molecular formula is C18H20N2O6S3. The lowest BCUT2D eigenvalue weighted by Crippen LogP contribution is -2.44. The molecule has 8 nitrogen and oxygen atoms in total. The monoisotopic (exact) mass is 456 g/mol. The minimum Gasteiger partial charge on any atom is -0.465 e. The van der Waals surface area contributed by atoms with Gasteiger partial charge >= 0.3 is 5.97 Å². The molecule has 0 saturated carbocycles. The van der Waals surface area contributed by atoms with Gasteiger partial charge in [0.25, 0.3) is 11.7 Å². The summed E-state index contributed by atoms with van der Waals surface area (Å²) >= 11 is 2.24. The first kappa shape index (κ1) is 21.6. The van der Waals surface area contributed by atoms with Gasteiger partial charge in [-0.3, -0.25) is 9.59 Å². The maximum atomic E-state index is 12.4. The summed E-state index contributed by atoms with van der Waals surface area (Å²) in [6.07, 6.45) is 1.20. The number of ether oxygens (including phenoxy) is 1. The van der Waals surface area contributed by atoms with Gasteiger partial charge in [0.15, 0.2) is 0 Å². The average molecular weight is 457 g/mol. The van der Waals surface area contributed by atoms with Crippen molar-refractivity contribution in [2.45, 2.75) is 17.7 Å². The highest BCUT2D eigenvalue weighted by molar-refractivity contribution is 7.89. The van der Waals surface area contributed by atoms with E-state index >= 15 is 0 Å². The summed E-state index contributed by atoms with van der Waals surface area (Å²) in [5.41, 5.74) is 0. The van der Waals surface area contributed by atoms with Crippen LogP contribution in [0.1, 0.15) is 32.2 Å². The summed E-state index contributed by atoms with van der Waals surface area (Å²) in [6.45, 7) is 1.05. The quantitative estimate of drug-likeness (QED) is 0.388. The Hall–Kier alpha value is -2.08. The van der Waals surface area contributed by atoms with E-state index in [-0.39, 0.29) is 22.2 Å². The number of ketones is 1. The van der Waals surface area contributed by atoms with Gasteiger partial charge in [0, 0.05) is 25.0 Å². The molecule has 11 heteroatoms. The van der Waals surface area contributed by atoms with Crippen LogP contribution in [0.3, 0.4) is 0 Å². The predicted molar refractivity (Wildman–Crippen MR) is 109 cm³/mol. The van der Waals surface area contributed by atoms with Crippen LogP contribution in [0, 0.1) is 5.92 Å². The van der Waals surface area contributed by atoms with Crippen molar-refractivity contribution in [1.82, 2.24) is 9.62 Å². The molecule has 0 unspecified atom stereocenters. The Morgan fingerprint density at radius 3 is 2.55 bits per heavy atom. The Kier molecular flexibility index (Phi) is 6.83. The van der Waals surface area contributed by atoms with E-state index in [4.69, 9.17) is 0 Å². The molecule has 0 aromatic carbocycles. The second-order valence-corrected chi connectivity index (χ2v) is 10.2. The number of piperidine rings is 1. The highest BCUT2D eigenvalue weighted by atomic mass is 32.2. The number of esters is 1. The Bertz CT molecular complexity index is 989. The lowest BCUT2D eigenvalue weighted by molar-refractivity contribution is -0.127. The van der Waals surface area contributed by atoms with Crippen LogP contribution >= 0.6 is 22.7 Å². The minimum absolute atomic E-state index is 0.0251. The number of nitrogens with one attached hydrogen (secondary N) is 1. The third-order valence-electron chi connectivity index (χ3n) is 4.68. The largest absolute Gasteiger partial charge is 0.465 e. The summed E-state index contributed by atoms with van der Waals surface area (Å²) in [5, 5.41) is 3.15. The van der Waals surface area contributed by atoms with Crippen molar-refractivity contribution >= 4 is 50.4 Å². The molecule has 0 aliphatic carbocycles. The van der Waals surface area contributed by atoms with Gasteiger partial charge in [-0.1, -0.05) is 6.07 Å². The molecule has 0 atom stereocenters. The van der Waals surface area contributed by atoms with Gasteiger partial charge in [-0.2, -0.15) is 0 Å². The maximum absolute atomic E-state index is 12.4. The van der Waals surface area contributed by atoms with Gasteiger partial charge in [-0.05, 0) is 36.3 Å². The fourth-order valence-electron chi connectivity index (χ4n) is 2.98. The van der Waals surface area contributed by atoms with Crippen LogP contribution in [-0.2, 0) is 19.6 Å². The molecular weight excluding hydrogens is 436 g/mol.